The third-order valence-corrected chi connectivity index (χ3v) is 4.50. The van der Waals surface area contributed by atoms with Gasteiger partial charge in [0.1, 0.15) is 0 Å². The van der Waals surface area contributed by atoms with Crippen molar-refractivity contribution in [2.24, 2.45) is 5.92 Å². The molecule has 1 amide bonds. The fourth-order valence-corrected chi connectivity index (χ4v) is 2.89. The Morgan fingerprint density at radius 2 is 1.48 bits per heavy atom. The van der Waals surface area contributed by atoms with E-state index in [0.29, 0.717) is 0 Å². The van der Waals surface area contributed by atoms with Crippen LogP contribution in [0.4, 0.5) is 0 Å². The second kappa shape index (κ2) is 7.28. The predicted octanol–water partition coefficient (Wildman–Crippen LogP) is 4.73. The summed E-state index contributed by atoms with van der Waals surface area (Å²) in [4.78, 5) is 14.5. The minimum Gasteiger partial charge on any atom is -0.339 e. The quantitative estimate of drug-likeness (QED) is 0.751. The number of amides is 1. The molecule has 2 heteroatoms. The van der Waals surface area contributed by atoms with Crippen LogP contribution in [-0.4, -0.2) is 23.9 Å². The van der Waals surface area contributed by atoms with Crippen LogP contribution in [0.25, 0.3) is 12.2 Å². The number of carbonyl (C=O) groups is 1. The molecule has 2 aromatic carbocycles. The lowest BCUT2D eigenvalue weighted by Crippen LogP contribution is -2.37. The second-order valence-corrected chi connectivity index (χ2v) is 6.34. The summed E-state index contributed by atoms with van der Waals surface area (Å²) in [5, 5.41) is 0. The van der Waals surface area contributed by atoms with Crippen LogP contribution in [0.2, 0.25) is 0 Å². The van der Waals surface area contributed by atoms with Crippen molar-refractivity contribution < 1.29 is 4.79 Å². The predicted molar refractivity (Wildman–Crippen MR) is 96.1 cm³/mol. The molecule has 0 N–H and O–H groups in total. The number of nitrogens with zero attached hydrogens (tertiary/aromatic N) is 1. The highest BCUT2D eigenvalue weighted by Crippen LogP contribution is 2.18. The number of benzene rings is 2. The molecule has 0 saturated carbocycles. The molecule has 1 fully saturated rings. The molecule has 0 spiro atoms. The molecule has 3 rings (SSSR count). The van der Waals surface area contributed by atoms with Gasteiger partial charge in [-0.05, 0) is 42.0 Å². The van der Waals surface area contributed by atoms with Crippen molar-refractivity contribution in [1.29, 1.82) is 0 Å². The van der Waals surface area contributed by atoms with Gasteiger partial charge in [-0.3, -0.25) is 4.79 Å². The molecular weight excluding hydrogens is 282 g/mol. The standard InChI is InChI=1S/C21H23NO/c1-17-13-15-22(16-14-17)21(23)20-11-9-19(10-12-20)8-7-18-5-3-2-4-6-18/h2-12,17H,13-16H2,1H3/b8-7+. The van der Waals surface area contributed by atoms with E-state index >= 15 is 0 Å². The lowest BCUT2D eigenvalue weighted by molar-refractivity contribution is 0.0697. The number of hydrogen-bond acceptors (Lipinski definition) is 1. The molecule has 118 valence electrons. The third kappa shape index (κ3) is 4.10. The minimum atomic E-state index is 0.162. The number of carbonyl (C=O) groups excluding carboxylic acids is 1. The molecule has 0 aliphatic carbocycles. The number of rotatable bonds is 3. The Morgan fingerprint density at radius 1 is 0.913 bits per heavy atom. The Labute approximate surface area is 138 Å². The van der Waals surface area contributed by atoms with Gasteiger partial charge in [-0.15, -0.1) is 0 Å². The maximum atomic E-state index is 12.5. The van der Waals surface area contributed by atoms with Crippen molar-refractivity contribution in [1.82, 2.24) is 4.90 Å². The first-order chi connectivity index (χ1) is 11.2. The average molecular weight is 305 g/mol. The summed E-state index contributed by atoms with van der Waals surface area (Å²) in [6.07, 6.45) is 6.39. The van der Waals surface area contributed by atoms with E-state index in [9.17, 15) is 4.79 Å². The minimum absolute atomic E-state index is 0.162. The van der Waals surface area contributed by atoms with Crippen molar-refractivity contribution in [3.8, 4) is 0 Å². The van der Waals surface area contributed by atoms with Crippen LogP contribution < -0.4 is 0 Å². The van der Waals surface area contributed by atoms with E-state index in [2.05, 4.69) is 31.2 Å². The van der Waals surface area contributed by atoms with Crippen molar-refractivity contribution in [3.05, 3.63) is 71.3 Å². The first-order valence-electron chi connectivity index (χ1n) is 8.35. The van der Waals surface area contributed by atoms with Gasteiger partial charge in [0.15, 0.2) is 0 Å². The van der Waals surface area contributed by atoms with Crippen molar-refractivity contribution >= 4 is 18.1 Å². The molecule has 2 aromatic rings. The largest absolute Gasteiger partial charge is 0.339 e. The molecule has 1 aliphatic rings. The van der Waals surface area contributed by atoms with E-state index in [0.717, 1.165) is 43.0 Å². The molecule has 2 nitrogen and oxygen atoms in total. The zero-order valence-corrected chi connectivity index (χ0v) is 13.6. The molecule has 0 bridgehead atoms. The molecule has 1 aliphatic heterocycles. The fraction of sp³-hybridized carbons (Fsp3) is 0.286. The fourth-order valence-electron chi connectivity index (χ4n) is 2.89. The highest BCUT2D eigenvalue weighted by molar-refractivity contribution is 5.94. The van der Waals surface area contributed by atoms with Crippen LogP contribution in [0.3, 0.4) is 0 Å². The Hall–Kier alpha value is -2.35. The smallest absolute Gasteiger partial charge is 0.253 e. The Kier molecular flexibility index (Phi) is 4.92. The summed E-state index contributed by atoms with van der Waals surface area (Å²) < 4.78 is 0. The molecule has 0 aromatic heterocycles. The molecule has 1 heterocycles. The highest BCUT2D eigenvalue weighted by atomic mass is 16.2. The Bertz CT molecular complexity index is 665. The van der Waals surface area contributed by atoms with Crippen LogP contribution in [0, 0.1) is 5.92 Å². The van der Waals surface area contributed by atoms with Crippen LogP contribution in [0.5, 0.6) is 0 Å². The van der Waals surface area contributed by atoms with Gasteiger partial charge < -0.3 is 4.90 Å². The van der Waals surface area contributed by atoms with Crippen molar-refractivity contribution in [3.63, 3.8) is 0 Å². The summed E-state index contributed by atoms with van der Waals surface area (Å²) in [6, 6.07) is 18.1. The van der Waals surface area contributed by atoms with E-state index in [1.807, 2.05) is 47.4 Å². The maximum absolute atomic E-state index is 12.5. The van der Waals surface area contributed by atoms with Gasteiger partial charge in [0, 0.05) is 18.7 Å². The molecule has 0 atom stereocenters. The van der Waals surface area contributed by atoms with Gasteiger partial charge in [-0.2, -0.15) is 0 Å². The van der Waals surface area contributed by atoms with E-state index in [4.69, 9.17) is 0 Å². The highest BCUT2D eigenvalue weighted by Gasteiger charge is 2.21. The van der Waals surface area contributed by atoms with Gasteiger partial charge in [-0.25, -0.2) is 0 Å². The van der Waals surface area contributed by atoms with Crippen molar-refractivity contribution in [2.75, 3.05) is 13.1 Å². The monoisotopic (exact) mass is 305 g/mol. The maximum Gasteiger partial charge on any atom is 0.253 e. The van der Waals surface area contributed by atoms with Crippen LogP contribution in [-0.2, 0) is 0 Å². The van der Waals surface area contributed by atoms with Crippen molar-refractivity contribution in [2.45, 2.75) is 19.8 Å². The van der Waals surface area contributed by atoms with E-state index in [1.165, 1.54) is 5.56 Å². The third-order valence-electron chi connectivity index (χ3n) is 4.50. The summed E-state index contributed by atoms with van der Waals surface area (Å²) in [5.74, 6) is 0.903. The number of piperidine rings is 1. The van der Waals surface area contributed by atoms with E-state index in [1.54, 1.807) is 0 Å². The molecule has 0 unspecified atom stereocenters. The average Bonchev–Trinajstić information content (AvgIpc) is 2.61. The Morgan fingerprint density at radius 3 is 2.09 bits per heavy atom. The SMILES string of the molecule is CC1CCN(C(=O)c2ccc(/C=C/c3ccccc3)cc2)CC1. The zero-order valence-electron chi connectivity index (χ0n) is 13.6. The molecule has 23 heavy (non-hydrogen) atoms. The lowest BCUT2D eigenvalue weighted by Gasteiger charge is -2.30. The summed E-state index contributed by atoms with van der Waals surface area (Å²) in [5.41, 5.74) is 3.07. The Balaban J connectivity index is 1.65. The summed E-state index contributed by atoms with van der Waals surface area (Å²) in [6.45, 7) is 4.03. The summed E-state index contributed by atoms with van der Waals surface area (Å²) >= 11 is 0. The first kappa shape index (κ1) is 15.5. The van der Waals surface area contributed by atoms with Gasteiger partial charge in [0.05, 0.1) is 0 Å². The number of hydrogen-bond donors (Lipinski definition) is 0. The first-order valence-corrected chi connectivity index (χ1v) is 8.35. The number of likely N-dealkylation sites (tertiary alicyclic amines) is 1. The van der Waals surface area contributed by atoms with Gasteiger partial charge in [0.2, 0.25) is 0 Å². The second-order valence-electron chi connectivity index (χ2n) is 6.34. The van der Waals surface area contributed by atoms with Gasteiger partial charge in [-0.1, -0.05) is 61.5 Å². The molecular formula is C21H23NO. The summed E-state index contributed by atoms with van der Waals surface area (Å²) in [7, 11) is 0. The topological polar surface area (TPSA) is 20.3 Å². The van der Waals surface area contributed by atoms with Crippen LogP contribution in [0.15, 0.2) is 54.6 Å². The lowest BCUT2D eigenvalue weighted by atomic mass is 9.98. The van der Waals surface area contributed by atoms with Crippen LogP contribution >= 0.6 is 0 Å². The normalized spacial score (nSPS) is 16.0. The van der Waals surface area contributed by atoms with E-state index in [-0.39, 0.29) is 5.91 Å². The zero-order chi connectivity index (χ0) is 16.1. The van der Waals surface area contributed by atoms with E-state index < -0.39 is 0 Å². The van der Waals surface area contributed by atoms with Crippen LogP contribution in [0.1, 0.15) is 41.3 Å². The van der Waals surface area contributed by atoms with Gasteiger partial charge >= 0.3 is 0 Å². The molecule has 0 radical (unpaired) electrons. The van der Waals surface area contributed by atoms with Gasteiger partial charge in [0.25, 0.3) is 5.91 Å². The molecule has 1 saturated heterocycles.